The summed E-state index contributed by atoms with van der Waals surface area (Å²) in [5, 5.41) is 4.98. The Balaban J connectivity index is 2.42. The van der Waals surface area contributed by atoms with Crippen LogP contribution in [0.3, 0.4) is 0 Å². The van der Waals surface area contributed by atoms with Crippen LogP contribution < -0.4 is 5.32 Å². The van der Waals surface area contributed by atoms with Gasteiger partial charge < -0.3 is 10.1 Å². The maximum atomic E-state index is 12.0. The Bertz CT molecular complexity index is 463. The van der Waals surface area contributed by atoms with Gasteiger partial charge in [-0.3, -0.25) is 9.59 Å². The number of nitrogens with zero attached hydrogens (tertiary/aromatic N) is 1. The van der Waals surface area contributed by atoms with E-state index >= 15 is 0 Å². The smallest absolute Gasteiger partial charge is 0.311 e. The highest BCUT2D eigenvalue weighted by molar-refractivity contribution is 8.00. The van der Waals surface area contributed by atoms with E-state index in [1.54, 1.807) is 24.1 Å². The van der Waals surface area contributed by atoms with Crippen LogP contribution >= 0.6 is 23.1 Å². The molecule has 0 bridgehead atoms. The van der Waals surface area contributed by atoms with Crippen molar-refractivity contribution in [1.29, 1.82) is 0 Å². The molecule has 0 aromatic carbocycles. The molecule has 0 aliphatic rings. The van der Waals surface area contributed by atoms with Gasteiger partial charge in [0.05, 0.1) is 24.0 Å². The van der Waals surface area contributed by atoms with Crippen LogP contribution in [0.2, 0.25) is 0 Å². The normalized spacial score (nSPS) is 12.0. The third kappa shape index (κ3) is 6.95. The Morgan fingerprint density at radius 2 is 2.24 bits per heavy atom. The van der Waals surface area contributed by atoms with Crippen LogP contribution in [0.4, 0.5) is 5.13 Å². The number of aromatic nitrogens is 1. The average Bonchev–Trinajstić information content (AvgIpc) is 2.86. The summed E-state index contributed by atoms with van der Waals surface area (Å²) >= 11 is 2.97. The zero-order chi connectivity index (χ0) is 15.7. The lowest BCUT2D eigenvalue weighted by molar-refractivity contribution is -0.142. The second kappa shape index (κ2) is 9.78. The standard InChI is InChI=1S/C14H22N2O3S2/c1-4-6-7-20-10(3)13(18)16-14-15-11(9-21-14)8-12(17)19-5-2/h9-10H,4-8H2,1-3H3,(H,15,16,18). The van der Waals surface area contributed by atoms with Gasteiger partial charge in [-0.15, -0.1) is 23.1 Å². The Morgan fingerprint density at radius 3 is 2.90 bits per heavy atom. The van der Waals surface area contributed by atoms with Crippen LogP contribution in [-0.4, -0.2) is 34.5 Å². The number of thiazole rings is 1. The van der Waals surface area contributed by atoms with E-state index in [0.717, 1.165) is 18.6 Å². The zero-order valence-corrected chi connectivity index (χ0v) is 14.3. The second-order valence-corrected chi connectivity index (χ2v) is 6.79. The summed E-state index contributed by atoms with van der Waals surface area (Å²) in [6, 6.07) is 0. The third-order valence-electron chi connectivity index (χ3n) is 2.65. The molecule has 1 amide bonds. The van der Waals surface area contributed by atoms with E-state index < -0.39 is 0 Å². The summed E-state index contributed by atoms with van der Waals surface area (Å²) < 4.78 is 4.86. The number of anilines is 1. The van der Waals surface area contributed by atoms with Crippen molar-refractivity contribution in [2.24, 2.45) is 0 Å². The van der Waals surface area contributed by atoms with Gasteiger partial charge in [-0.1, -0.05) is 13.3 Å². The molecule has 0 aliphatic heterocycles. The largest absolute Gasteiger partial charge is 0.466 e. The number of amides is 1. The molecular formula is C14H22N2O3S2. The molecule has 0 radical (unpaired) electrons. The van der Waals surface area contributed by atoms with Gasteiger partial charge in [-0.2, -0.15) is 0 Å². The van der Waals surface area contributed by atoms with Crippen molar-refractivity contribution in [2.45, 2.75) is 45.3 Å². The van der Waals surface area contributed by atoms with Crippen LogP contribution in [0.5, 0.6) is 0 Å². The fraction of sp³-hybridized carbons (Fsp3) is 0.643. The summed E-state index contributed by atoms with van der Waals surface area (Å²) in [6.07, 6.45) is 2.38. The maximum absolute atomic E-state index is 12.0. The highest BCUT2D eigenvalue weighted by Gasteiger charge is 2.15. The number of hydrogen-bond acceptors (Lipinski definition) is 6. The monoisotopic (exact) mass is 330 g/mol. The van der Waals surface area contributed by atoms with Gasteiger partial charge in [0.1, 0.15) is 0 Å². The first kappa shape index (κ1) is 18.0. The van der Waals surface area contributed by atoms with Crippen molar-refractivity contribution < 1.29 is 14.3 Å². The van der Waals surface area contributed by atoms with E-state index in [-0.39, 0.29) is 23.5 Å². The molecule has 1 N–H and O–H groups in total. The molecule has 0 spiro atoms. The minimum absolute atomic E-state index is 0.0480. The van der Waals surface area contributed by atoms with E-state index in [9.17, 15) is 9.59 Å². The highest BCUT2D eigenvalue weighted by Crippen LogP contribution is 2.19. The molecule has 1 heterocycles. The molecule has 118 valence electrons. The molecule has 1 atom stereocenters. The predicted octanol–water partition coefficient (Wildman–Crippen LogP) is 3.11. The average molecular weight is 330 g/mol. The van der Waals surface area contributed by atoms with Crippen molar-refractivity contribution in [2.75, 3.05) is 17.7 Å². The van der Waals surface area contributed by atoms with Gasteiger partial charge in [0.15, 0.2) is 5.13 Å². The predicted molar refractivity (Wildman–Crippen MR) is 87.9 cm³/mol. The number of carbonyl (C=O) groups excluding carboxylic acids is 2. The van der Waals surface area contributed by atoms with Crippen molar-refractivity contribution >= 4 is 40.1 Å². The SMILES string of the molecule is CCCCSC(C)C(=O)Nc1nc(CC(=O)OCC)cs1. The van der Waals surface area contributed by atoms with Gasteiger partial charge in [-0.05, 0) is 26.0 Å². The van der Waals surface area contributed by atoms with E-state index in [0.29, 0.717) is 17.4 Å². The molecule has 1 aromatic heterocycles. The van der Waals surface area contributed by atoms with Crippen molar-refractivity contribution in [3.63, 3.8) is 0 Å². The fourth-order valence-electron chi connectivity index (χ4n) is 1.49. The summed E-state index contributed by atoms with van der Waals surface area (Å²) in [5.74, 6) is 0.633. The molecule has 0 aliphatic carbocycles. The molecule has 1 rings (SSSR count). The number of rotatable bonds is 9. The topological polar surface area (TPSA) is 68.3 Å². The number of unbranched alkanes of at least 4 members (excludes halogenated alkanes) is 1. The van der Waals surface area contributed by atoms with E-state index in [4.69, 9.17) is 4.74 Å². The van der Waals surface area contributed by atoms with Crippen LogP contribution in [0, 0.1) is 0 Å². The Morgan fingerprint density at radius 1 is 1.48 bits per heavy atom. The van der Waals surface area contributed by atoms with Crippen molar-refractivity contribution in [1.82, 2.24) is 4.98 Å². The summed E-state index contributed by atoms with van der Waals surface area (Å²) in [5.41, 5.74) is 0.625. The fourth-order valence-corrected chi connectivity index (χ4v) is 3.23. The Hall–Kier alpha value is -1.08. The van der Waals surface area contributed by atoms with Gasteiger partial charge in [0.25, 0.3) is 0 Å². The Labute approximate surface area is 133 Å². The van der Waals surface area contributed by atoms with Gasteiger partial charge in [0.2, 0.25) is 5.91 Å². The quantitative estimate of drug-likeness (QED) is 0.556. The van der Waals surface area contributed by atoms with E-state index in [1.807, 2.05) is 6.92 Å². The first-order valence-electron chi connectivity index (χ1n) is 7.09. The number of esters is 1. The molecule has 1 unspecified atom stereocenters. The first-order chi connectivity index (χ1) is 10.1. The number of nitrogens with one attached hydrogen (secondary N) is 1. The van der Waals surface area contributed by atoms with E-state index in [2.05, 4.69) is 17.2 Å². The Kier molecular flexibility index (Phi) is 8.37. The van der Waals surface area contributed by atoms with Crippen LogP contribution in [0.15, 0.2) is 5.38 Å². The molecule has 7 heteroatoms. The number of ether oxygens (including phenoxy) is 1. The molecule has 0 fully saturated rings. The zero-order valence-electron chi connectivity index (χ0n) is 12.7. The van der Waals surface area contributed by atoms with Crippen LogP contribution in [0.25, 0.3) is 0 Å². The number of carbonyl (C=O) groups is 2. The minimum atomic E-state index is -0.302. The lowest BCUT2D eigenvalue weighted by Crippen LogP contribution is -2.22. The van der Waals surface area contributed by atoms with Crippen molar-refractivity contribution in [3.05, 3.63) is 11.1 Å². The molecular weight excluding hydrogens is 308 g/mol. The highest BCUT2D eigenvalue weighted by atomic mass is 32.2. The number of hydrogen-bond donors (Lipinski definition) is 1. The summed E-state index contributed by atoms with van der Waals surface area (Å²) in [4.78, 5) is 27.6. The van der Waals surface area contributed by atoms with Gasteiger partial charge in [-0.25, -0.2) is 4.98 Å². The lowest BCUT2D eigenvalue weighted by Gasteiger charge is -2.09. The first-order valence-corrected chi connectivity index (χ1v) is 9.02. The molecule has 1 aromatic rings. The molecule has 0 saturated heterocycles. The summed E-state index contributed by atoms with van der Waals surface area (Å²) in [6.45, 7) is 6.15. The second-order valence-electron chi connectivity index (χ2n) is 4.48. The van der Waals surface area contributed by atoms with Crippen LogP contribution in [-0.2, 0) is 20.7 Å². The van der Waals surface area contributed by atoms with Crippen LogP contribution in [0.1, 0.15) is 39.3 Å². The third-order valence-corrected chi connectivity index (χ3v) is 4.69. The van der Waals surface area contributed by atoms with Crippen molar-refractivity contribution in [3.8, 4) is 0 Å². The molecule has 0 saturated carbocycles. The number of thioether (sulfide) groups is 1. The van der Waals surface area contributed by atoms with Gasteiger partial charge >= 0.3 is 5.97 Å². The van der Waals surface area contributed by atoms with E-state index in [1.165, 1.54) is 11.3 Å². The molecule has 21 heavy (non-hydrogen) atoms. The molecule has 5 nitrogen and oxygen atoms in total. The summed E-state index contributed by atoms with van der Waals surface area (Å²) in [7, 11) is 0. The minimum Gasteiger partial charge on any atom is -0.466 e. The lowest BCUT2D eigenvalue weighted by atomic mass is 10.3. The maximum Gasteiger partial charge on any atom is 0.311 e. The van der Waals surface area contributed by atoms with Gasteiger partial charge in [0, 0.05) is 5.38 Å².